The van der Waals surface area contributed by atoms with E-state index >= 15 is 0 Å². The molecule has 1 aromatic carbocycles. The molecule has 0 bridgehead atoms. The molecule has 0 fully saturated rings. The number of aliphatic hydroxyl groups excluding tert-OH is 1. The Morgan fingerprint density at radius 2 is 2.20 bits per heavy atom. The van der Waals surface area contributed by atoms with E-state index in [0.717, 1.165) is 5.56 Å². The molecule has 0 spiro atoms. The van der Waals surface area contributed by atoms with E-state index in [1.165, 1.54) is 5.56 Å². The summed E-state index contributed by atoms with van der Waals surface area (Å²) in [6.45, 7) is 2.02. The third-order valence-corrected chi connectivity index (χ3v) is 2.06. The Morgan fingerprint density at radius 1 is 1.50 bits per heavy atom. The third kappa shape index (κ3) is 1.85. The quantitative estimate of drug-likeness (QED) is 0.664. The molecule has 1 unspecified atom stereocenters. The summed E-state index contributed by atoms with van der Waals surface area (Å²) in [5.74, 6) is 0. The maximum atomic E-state index is 9.15. The monoisotopic (exact) mass is 195 g/mol. The molecule has 10 heavy (non-hydrogen) atoms. The number of aryl methyl sites for hydroxylation is 1. The Kier molecular flexibility index (Phi) is 2.52. The Balaban J connectivity index is 2.96. The summed E-state index contributed by atoms with van der Waals surface area (Å²) in [4.78, 5) is -0.347. The second-order valence-corrected chi connectivity index (χ2v) is 3.46. The number of hydrogen-bond acceptors (Lipinski definition) is 1. The van der Waals surface area contributed by atoms with E-state index < -0.39 is 0 Å². The molecule has 2 heteroatoms. The molecular weight excluding hydrogens is 185 g/mol. The molecule has 0 aliphatic heterocycles. The van der Waals surface area contributed by atoms with Gasteiger partial charge in [-0.3, -0.25) is 0 Å². The average molecular weight is 194 g/mol. The zero-order valence-corrected chi connectivity index (χ0v) is 7.93. The second kappa shape index (κ2) is 3.21. The predicted octanol–water partition coefficient (Wildman–Crippen LogP) is 1.15. The van der Waals surface area contributed by atoms with Crippen molar-refractivity contribution in [1.82, 2.24) is 0 Å². The third-order valence-electron chi connectivity index (χ3n) is 1.36. The van der Waals surface area contributed by atoms with Crippen LogP contribution in [0.25, 0.3) is 0 Å². The molecule has 0 saturated carbocycles. The van der Waals surface area contributed by atoms with E-state index in [-0.39, 0.29) is 4.94 Å². The van der Waals surface area contributed by atoms with Gasteiger partial charge in [-0.25, -0.2) is 0 Å². The van der Waals surface area contributed by atoms with Gasteiger partial charge in [-0.15, -0.1) is 0 Å². The van der Waals surface area contributed by atoms with Crippen LogP contribution in [0.2, 0.25) is 0 Å². The number of rotatable bonds is 1. The summed E-state index contributed by atoms with van der Waals surface area (Å²) >= 11 is 1.77. The summed E-state index contributed by atoms with van der Waals surface area (Å²) < 4.78 is 0. The predicted molar refractivity (Wildman–Crippen MR) is 41.9 cm³/mol. The van der Waals surface area contributed by atoms with Crippen molar-refractivity contribution in [3.05, 3.63) is 35.4 Å². The Labute approximate surface area is 69.3 Å². The molecule has 0 aliphatic carbocycles. The van der Waals surface area contributed by atoms with Crippen LogP contribution in [-0.4, -0.2) is 21.6 Å². The fourth-order valence-electron chi connectivity index (χ4n) is 0.840. The zero-order valence-electron chi connectivity index (χ0n) is 5.83. The van der Waals surface area contributed by atoms with Gasteiger partial charge in [0.2, 0.25) is 0 Å². The van der Waals surface area contributed by atoms with Crippen molar-refractivity contribution in [3.63, 3.8) is 0 Å². The van der Waals surface area contributed by atoms with Gasteiger partial charge in [0.1, 0.15) is 0 Å². The first kappa shape index (κ1) is 7.83. The van der Waals surface area contributed by atoms with Gasteiger partial charge < -0.3 is 0 Å². The van der Waals surface area contributed by atoms with Crippen LogP contribution < -0.4 is 0 Å². The van der Waals surface area contributed by atoms with Gasteiger partial charge in [0.15, 0.2) is 0 Å². The molecule has 0 aromatic heterocycles. The van der Waals surface area contributed by atoms with Gasteiger partial charge in [-0.2, -0.15) is 0 Å². The first-order chi connectivity index (χ1) is 4.70. The fourth-order valence-corrected chi connectivity index (χ4v) is 1.22. The Bertz CT molecular complexity index is 220. The van der Waals surface area contributed by atoms with E-state index in [0.29, 0.717) is 0 Å². The van der Waals surface area contributed by atoms with E-state index in [4.69, 9.17) is 5.11 Å². The van der Waals surface area contributed by atoms with Crippen molar-refractivity contribution in [2.45, 2.75) is 11.9 Å². The molecule has 51 valence electrons. The second-order valence-electron chi connectivity index (χ2n) is 2.32. The van der Waals surface area contributed by atoms with Crippen LogP contribution >= 0.6 is 0 Å². The topological polar surface area (TPSA) is 20.2 Å². The summed E-state index contributed by atoms with van der Waals surface area (Å²) in [6, 6.07) is 7.89. The first-order valence-electron chi connectivity index (χ1n) is 3.16. The van der Waals surface area contributed by atoms with Gasteiger partial charge >= 0.3 is 68.9 Å². The molecular formula is C8H9GeO. The Morgan fingerprint density at radius 3 is 2.60 bits per heavy atom. The number of aliphatic hydroxyl groups is 1. The van der Waals surface area contributed by atoms with Gasteiger partial charge in [-0.1, -0.05) is 0 Å². The van der Waals surface area contributed by atoms with Crippen molar-refractivity contribution in [3.8, 4) is 0 Å². The van der Waals surface area contributed by atoms with E-state index in [1.807, 2.05) is 31.2 Å². The molecule has 0 amide bonds. The van der Waals surface area contributed by atoms with Gasteiger partial charge in [0.25, 0.3) is 0 Å². The molecule has 1 rings (SSSR count). The molecule has 1 N–H and O–H groups in total. The molecule has 1 aromatic rings. The number of benzene rings is 1. The van der Waals surface area contributed by atoms with Crippen molar-refractivity contribution in [1.29, 1.82) is 0 Å². The molecule has 0 aliphatic rings. The van der Waals surface area contributed by atoms with Crippen LogP contribution in [0.5, 0.6) is 0 Å². The van der Waals surface area contributed by atoms with Crippen LogP contribution in [0.4, 0.5) is 0 Å². The van der Waals surface area contributed by atoms with Crippen molar-refractivity contribution < 1.29 is 5.11 Å². The van der Waals surface area contributed by atoms with E-state index in [9.17, 15) is 0 Å². The van der Waals surface area contributed by atoms with Crippen molar-refractivity contribution in [2.24, 2.45) is 0 Å². The van der Waals surface area contributed by atoms with E-state index in [2.05, 4.69) is 0 Å². The molecule has 0 heterocycles. The molecule has 1 atom stereocenters. The van der Waals surface area contributed by atoms with Crippen LogP contribution in [0, 0.1) is 6.92 Å². The van der Waals surface area contributed by atoms with Crippen molar-refractivity contribution in [2.75, 3.05) is 0 Å². The van der Waals surface area contributed by atoms with Gasteiger partial charge in [-0.05, 0) is 0 Å². The average Bonchev–Trinajstić information content (AvgIpc) is 1.88. The van der Waals surface area contributed by atoms with Crippen molar-refractivity contribution >= 4 is 16.5 Å². The summed E-state index contributed by atoms with van der Waals surface area (Å²) in [5, 5.41) is 9.15. The van der Waals surface area contributed by atoms with Gasteiger partial charge in [0, 0.05) is 0 Å². The normalized spacial score (nSPS) is 13.1. The maximum absolute atomic E-state index is 9.15. The first-order valence-corrected chi connectivity index (χ1v) is 4.37. The van der Waals surface area contributed by atoms with Crippen LogP contribution in [0.3, 0.4) is 0 Å². The zero-order chi connectivity index (χ0) is 7.56. The molecule has 0 saturated heterocycles. The molecule has 3 radical (unpaired) electrons. The minimum absolute atomic E-state index is 0.347. The van der Waals surface area contributed by atoms with Crippen LogP contribution in [0.15, 0.2) is 24.3 Å². The minimum atomic E-state index is -0.347. The number of hydrogen-bond donors (Lipinski definition) is 1. The summed E-state index contributed by atoms with van der Waals surface area (Å²) in [7, 11) is 0. The van der Waals surface area contributed by atoms with Crippen LogP contribution in [-0.2, 0) is 0 Å². The molecule has 1 nitrogen and oxygen atoms in total. The fraction of sp³-hybridized carbons (Fsp3) is 0.250. The summed E-state index contributed by atoms with van der Waals surface area (Å²) in [6.07, 6.45) is 0. The van der Waals surface area contributed by atoms with Crippen LogP contribution in [0.1, 0.15) is 16.1 Å². The Hall–Kier alpha value is -0.277. The SMILES string of the molecule is Cc1cccc([CH](O)[Ge])c1. The van der Waals surface area contributed by atoms with Gasteiger partial charge in [0.05, 0.1) is 0 Å². The standard InChI is InChI=1S/C8H9GeO/c1-6-3-2-4-7(5-6)8(9)10/h2-5,8,10H,1H3. The van der Waals surface area contributed by atoms with E-state index in [1.54, 1.807) is 16.5 Å². The summed E-state index contributed by atoms with van der Waals surface area (Å²) in [5.41, 5.74) is 2.18.